The summed E-state index contributed by atoms with van der Waals surface area (Å²) >= 11 is 0. The molecule has 0 unspecified atom stereocenters. The van der Waals surface area contributed by atoms with Gasteiger partial charge in [-0.25, -0.2) is 9.97 Å². The minimum absolute atomic E-state index is 0.0170. The minimum Gasteiger partial charge on any atom is -0.371 e. The predicted octanol–water partition coefficient (Wildman–Crippen LogP) is 2.21. The average molecular weight is 444 g/mol. The molecule has 168 valence electrons. The van der Waals surface area contributed by atoms with Crippen LogP contribution in [0.4, 0.5) is 11.6 Å². The number of ether oxygens (including phenoxy) is 1. The van der Waals surface area contributed by atoms with Gasteiger partial charge in [0.05, 0.1) is 18.3 Å². The molecule has 1 saturated heterocycles. The largest absolute Gasteiger partial charge is 0.371 e. The van der Waals surface area contributed by atoms with Crippen molar-refractivity contribution in [1.82, 2.24) is 25.1 Å². The van der Waals surface area contributed by atoms with Gasteiger partial charge in [-0.1, -0.05) is 12.0 Å². The fraction of sp³-hybridized carbons (Fsp3) is 0.375. The van der Waals surface area contributed by atoms with E-state index in [0.717, 1.165) is 43.5 Å². The van der Waals surface area contributed by atoms with Gasteiger partial charge in [0, 0.05) is 49.4 Å². The Morgan fingerprint density at radius 1 is 1.18 bits per heavy atom. The molecule has 3 aromatic rings. The Hall–Kier alpha value is -3.61. The number of amides is 1. The highest BCUT2D eigenvalue weighted by atomic mass is 16.5. The molecule has 1 aliphatic heterocycles. The van der Waals surface area contributed by atoms with Gasteiger partial charge in [0.2, 0.25) is 5.91 Å². The lowest BCUT2D eigenvalue weighted by Gasteiger charge is -2.30. The Labute approximate surface area is 192 Å². The molecular weight excluding hydrogens is 418 g/mol. The standard InChI is InChI=1S/C24H25N7O2/c1-25-23-22-19(11-21(29-30-22)28-24(32)15-3-4-15)16(12-27-23)5-7-18-8-6-17(13-26-18)20-14-31(2)9-10-33-20/h6,8,11-13,15,20H,3-4,9-10,14H2,1-2H3,(H,25,27)(H,28,29,32)/t20-/m0/s1. The van der Waals surface area contributed by atoms with Gasteiger partial charge in [0.25, 0.3) is 0 Å². The van der Waals surface area contributed by atoms with Crippen LogP contribution in [0.15, 0.2) is 30.6 Å². The number of likely N-dealkylation sites (N-methyl/N-ethyl adjacent to an activating group) is 1. The summed E-state index contributed by atoms with van der Waals surface area (Å²) in [7, 11) is 3.87. The Bertz CT molecular complexity index is 1250. The van der Waals surface area contributed by atoms with Gasteiger partial charge in [0.1, 0.15) is 11.2 Å². The van der Waals surface area contributed by atoms with Crippen LogP contribution in [-0.2, 0) is 9.53 Å². The number of pyridine rings is 2. The third-order valence-corrected chi connectivity index (χ3v) is 5.82. The first kappa shape index (κ1) is 21.2. The fourth-order valence-electron chi connectivity index (χ4n) is 3.73. The number of carbonyl (C=O) groups excluding carboxylic acids is 1. The highest BCUT2D eigenvalue weighted by molar-refractivity contribution is 5.97. The third kappa shape index (κ3) is 4.77. The van der Waals surface area contributed by atoms with Crippen molar-refractivity contribution in [2.24, 2.45) is 5.92 Å². The SMILES string of the molecule is CNc1ncc(C#Cc2ccc([C@@H]3CN(C)CCO3)cn2)c2cc(NC(=O)C3CC3)nnc12. The number of rotatable bonds is 4. The monoisotopic (exact) mass is 443 g/mol. The fourth-order valence-corrected chi connectivity index (χ4v) is 3.73. The number of aromatic nitrogens is 4. The molecule has 2 N–H and O–H groups in total. The summed E-state index contributed by atoms with van der Waals surface area (Å²) in [6, 6.07) is 5.71. The second-order valence-corrected chi connectivity index (χ2v) is 8.37. The maximum atomic E-state index is 12.1. The van der Waals surface area contributed by atoms with Crippen LogP contribution in [0.25, 0.3) is 10.9 Å². The lowest BCUT2D eigenvalue weighted by atomic mass is 10.1. The molecule has 3 aromatic heterocycles. The van der Waals surface area contributed by atoms with E-state index in [1.165, 1.54) is 0 Å². The summed E-state index contributed by atoms with van der Waals surface area (Å²) in [4.78, 5) is 23.3. The third-order valence-electron chi connectivity index (χ3n) is 5.82. The molecule has 0 radical (unpaired) electrons. The van der Waals surface area contributed by atoms with Crippen molar-refractivity contribution in [3.05, 3.63) is 47.4 Å². The lowest BCUT2D eigenvalue weighted by molar-refractivity contribution is -0.117. The smallest absolute Gasteiger partial charge is 0.228 e. The van der Waals surface area contributed by atoms with Crippen LogP contribution in [0.5, 0.6) is 0 Å². The molecule has 1 aliphatic carbocycles. The van der Waals surface area contributed by atoms with Crippen molar-refractivity contribution in [1.29, 1.82) is 0 Å². The number of anilines is 2. The molecule has 2 aliphatic rings. The van der Waals surface area contributed by atoms with E-state index in [4.69, 9.17) is 4.74 Å². The maximum Gasteiger partial charge on any atom is 0.228 e. The number of nitrogens with zero attached hydrogens (tertiary/aromatic N) is 5. The van der Waals surface area contributed by atoms with E-state index in [2.05, 4.69) is 54.6 Å². The van der Waals surface area contributed by atoms with Crippen molar-refractivity contribution in [2.75, 3.05) is 44.4 Å². The zero-order valence-electron chi connectivity index (χ0n) is 18.6. The summed E-state index contributed by atoms with van der Waals surface area (Å²) in [5.74, 6) is 7.34. The van der Waals surface area contributed by atoms with E-state index in [1.54, 1.807) is 19.3 Å². The van der Waals surface area contributed by atoms with E-state index in [9.17, 15) is 4.79 Å². The first-order chi connectivity index (χ1) is 16.1. The van der Waals surface area contributed by atoms with E-state index < -0.39 is 0 Å². The molecule has 1 saturated carbocycles. The highest BCUT2D eigenvalue weighted by Crippen LogP contribution is 2.30. The number of hydrogen-bond acceptors (Lipinski definition) is 8. The quantitative estimate of drug-likeness (QED) is 0.592. The molecule has 0 aromatic carbocycles. The van der Waals surface area contributed by atoms with Crippen molar-refractivity contribution in [3.8, 4) is 11.8 Å². The molecule has 1 amide bonds. The summed E-state index contributed by atoms with van der Waals surface area (Å²) < 4.78 is 5.86. The van der Waals surface area contributed by atoms with Crippen molar-refractivity contribution in [2.45, 2.75) is 18.9 Å². The van der Waals surface area contributed by atoms with Gasteiger partial charge in [-0.3, -0.25) is 4.79 Å². The second-order valence-electron chi connectivity index (χ2n) is 8.37. The summed E-state index contributed by atoms with van der Waals surface area (Å²) in [6.45, 7) is 2.51. The molecule has 33 heavy (non-hydrogen) atoms. The topological polar surface area (TPSA) is 105 Å². The number of carbonyl (C=O) groups is 1. The number of nitrogens with one attached hydrogen (secondary N) is 2. The van der Waals surface area contributed by atoms with E-state index >= 15 is 0 Å². The van der Waals surface area contributed by atoms with E-state index in [0.29, 0.717) is 28.4 Å². The van der Waals surface area contributed by atoms with Gasteiger partial charge in [-0.2, -0.15) is 0 Å². The Morgan fingerprint density at radius 2 is 2.06 bits per heavy atom. The van der Waals surface area contributed by atoms with E-state index in [1.807, 2.05) is 18.3 Å². The molecule has 2 fully saturated rings. The maximum absolute atomic E-state index is 12.1. The van der Waals surface area contributed by atoms with Crippen LogP contribution in [0, 0.1) is 17.8 Å². The average Bonchev–Trinajstić information content (AvgIpc) is 3.68. The summed E-state index contributed by atoms with van der Waals surface area (Å²) in [6.07, 6.45) is 5.39. The van der Waals surface area contributed by atoms with Gasteiger partial charge in [-0.05, 0) is 37.9 Å². The van der Waals surface area contributed by atoms with Gasteiger partial charge in [0.15, 0.2) is 11.6 Å². The molecule has 4 heterocycles. The van der Waals surface area contributed by atoms with Crippen LogP contribution in [0.1, 0.15) is 35.8 Å². The van der Waals surface area contributed by atoms with Crippen molar-refractivity contribution < 1.29 is 9.53 Å². The summed E-state index contributed by atoms with van der Waals surface area (Å²) in [5.41, 5.74) is 2.97. The van der Waals surface area contributed by atoms with Crippen molar-refractivity contribution >= 4 is 28.4 Å². The van der Waals surface area contributed by atoms with Crippen LogP contribution in [0.3, 0.4) is 0 Å². The first-order valence-electron chi connectivity index (χ1n) is 11.0. The molecule has 9 heteroatoms. The number of hydrogen-bond donors (Lipinski definition) is 2. The van der Waals surface area contributed by atoms with Gasteiger partial charge >= 0.3 is 0 Å². The molecule has 9 nitrogen and oxygen atoms in total. The predicted molar refractivity (Wildman–Crippen MR) is 125 cm³/mol. The number of morpholine rings is 1. The Balaban J connectivity index is 1.42. The number of fused-ring (bicyclic) bond motifs is 1. The molecule has 0 spiro atoms. The van der Waals surface area contributed by atoms with Crippen LogP contribution < -0.4 is 10.6 Å². The van der Waals surface area contributed by atoms with Crippen LogP contribution in [0.2, 0.25) is 0 Å². The normalized spacial score (nSPS) is 18.4. The van der Waals surface area contributed by atoms with E-state index in [-0.39, 0.29) is 17.9 Å². The highest BCUT2D eigenvalue weighted by Gasteiger charge is 2.30. The van der Waals surface area contributed by atoms with Crippen LogP contribution in [-0.4, -0.2) is 64.8 Å². The molecule has 1 atom stereocenters. The Morgan fingerprint density at radius 3 is 2.79 bits per heavy atom. The second kappa shape index (κ2) is 9.10. The minimum atomic E-state index is -0.0170. The zero-order valence-corrected chi connectivity index (χ0v) is 18.6. The molecule has 0 bridgehead atoms. The van der Waals surface area contributed by atoms with Gasteiger partial charge in [-0.15, -0.1) is 10.2 Å². The Kier molecular flexibility index (Phi) is 5.86. The van der Waals surface area contributed by atoms with Gasteiger partial charge < -0.3 is 20.3 Å². The first-order valence-corrected chi connectivity index (χ1v) is 11.0. The molecule has 5 rings (SSSR count). The summed E-state index contributed by atoms with van der Waals surface area (Å²) in [5, 5.41) is 15.1. The van der Waals surface area contributed by atoms with Crippen molar-refractivity contribution in [3.63, 3.8) is 0 Å². The molecular formula is C24H25N7O2. The zero-order chi connectivity index (χ0) is 22.8. The lowest BCUT2D eigenvalue weighted by Crippen LogP contribution is -2.35. The van der Waals surface area contributed by atoms with Crippen LogP contribution >= 0.6 is 0 Å².